The first-order valence-corrected chi connectivity index (χ1v) is 8.35. The van der Waals surface area contributed by atoms with E-state index in [1.165, 1.54) is 13.2 Å². The van der Waals surface area contributed by atoms with Crippen LogP contribution in [0.1, 0.15) is 18.1 Å². The van der Waals surface area contributed by atoms with Gasteiger partial charge < -0.3 is 14.8 Å². The van der Waals surface area contributed by atoms with Gasteiger partial charge in [0.2, 0.25) is 5.91 Å². The van der Waals surface area contributed by atoms with Crippen LogP contribution in [-0.2, 0) is 11.3 Å². The van der Waals surface area contributed by atoms with Crippen molar-refractivity contribution in [3.63, 3.8) is 0 Å². The van der Waals surface area contributed by atoms with Crippen molar-refractivity contribution in [2.45, 2.75) is 13.5 Å². The van der Waals surface area contributed by atoms with Gasteiger partial charge in [-0.3, -0.25) is 4.79 Å². The summed E-state index contributed by atoms with van der Waals surface area (Å²) in [5, 5.41) is 3.60. The highest BCUT2D eigenvalue weighted by atomic mass is 35.5. The molecule has 2 rings (SSSR count). The lowest BCUT2D eigenvalue weighted by atomic mass is 10.2. The largest absolute Gasteiger partial charge is 0.491 e. The first kappa shape index (κ1) is 19.1. The Kier molecular flexibility index (Phi) is 7.10. The fourth-order valence-corrected chi connectivity index (χ4v) is 2.48. The third-order valence-corrected chi connectivity index (χ3v) is 3.72. The number of carbonyl (C=O) groups excluding carboxylic acids is 1. The summed E-state index contributed by atoms with van der Waals surface area (Å²) in [6, 6.07) is 6.95. The summed E-state index contributed by atoms with van der Waals surface area (Å²) in [4.78, 5) is 15.9. The number of ether oxygens (including phenoxy) is 2. The lowest BCUT2D eigenvalue weighted by Crippen LogP contribution is -2.20. The second kappa shape index (κ2) is 9.30. The Balaban J connectivity index is 2.02. The number of aromatic nitrogens is 1. The van der Waals surface area contributed by atoms with Crippen molar-refractivity contribution < 1.29 is 14.3 Å². The predicted molar refractivity (Wildman–Crippen MR) is 99.3 cm³/mol. The summed E-state index contributed by atoms with van der Waals surface area (Å²) in [6.45, 7) is 2.71. The maximum atomic E-state index is 11.9. The molecule has 0 spiro atoms. The molecule has 0 aliphatic rings. The zero-order chi connectivity index (χ0) is 18.2. The SMILES string of the molecule is CCOc1cc(/C=C/C(=O)NCc2ccc(Cl)nc2)cc(Cl)c1OC. The molecule has 2 aromatic rings. The highest BCUT2D eigenvalue weighted by molar-refractivity contribution is 6.32. The number of carbonyl (C=O) groups is 1. The number of methoxy groups -OCH3 is 1. The third kappa shape index (κ3) is 5.66. The number of amides is 1. The Labute approximate surface area is 156 Å². The van der Waals surface area contributed by atoms with E-state index in [2.05, 4.69) is 10.3 Å². The van der Waals surface area contributed by atoms with E-state index in [4.69, 9.17) is 32.7 Å². The molecule has 1 heterocycles. The molecular formula is C18H18Cl2N2O3. The number of pyridine rings is 1. The Morgan fingerprint density at radius 1 is 1.32 bits per heavy atom. The minimum atomic E-state index is -0.236. The van der Waals surface area contributed by atoms with Gasteiger partial charge in [0.1, 0.15) is 5.15 Å². The van der Waals surface area contributed by atoms with E-state index in [0.29, 0.717) is 34.8 Å². The zero-order valence-corrected chi connectivity index (χ0v) is 15.4. The third-order valence-electron chi connectivity index (χ3n) is 3.22. The monoisotopic (exact) mass is 380 g/mol. The van der Waals surface area contributed by atoms with Crippen LogP contribution < -0.4 is 14.8 Å². The standard InChI is InChI=1S/C18H18Cl2N2O3/c1-3-25-15-9-12(8-14(19)18(15)24-2)5-7-17(23)22-11-13-4-6-16(20)21-10-13/h4-10H,3,11H2,1-2H3,(H,22,23)/b7-5+. The molecule has 0 aliphatic heterocycles. The number of hydrogen-bond acceptors (Lipinski definition) is 4. The molecule has 1 amide bonds. The van der Waals surface area contributed by atoms with Gasteiger partial charge in [0, 0.05) is 18.8 Å². The van der Waals surface area contributed by atoms with Crippen molar-refractivity contribution in [1.82, 2.24) is 10.3 Å². The molecule has 132 valence electrons. The molecule has 1 aromatic carbocycles. The highest BCUT2D eigenvalue weighted by Gasteiger charge is 2.10. The van der Waals surface area contributed by atoms with Crippen molar-refractivity contribution in [1.29, 1.82) is 0 Å². The van der Waals surface area contributed by atoms with Gasteiger partial charge in [-0.1, -0.05) is 29.3 Å². The van der Waals surface area contributed by atoms with E-state index in [-0.39, 0.29) is 5.91 Å². The van der Waals surface area contributed by atoms with Gasteiger partial charge >= 0.3 is 0 Å². The van der Waals surface area contributed by atoms with Crippen molar-refractivity contribution in [3.05, 3.63) is 57.8 Å². The van der Waals surface area contributed by atoms with Gasteiger partial charge in [0.25, 0.3) is 0 Å². The average molecular weight is 381 g/mol. The fourth-order valence-electron chi connectivity index (χ4n) is 2.08. The second-order valence-electron chi connectivity index (χ2n) is 5.01. The summed E-state index contributed by atoms with van der Waals surface area (Å²) >= 11 is 11.9. The molecule has 5 nitrogen and oxygen atoms in total. The Bertz CT molecular complexity index is 762. The highest BCUT2D eigenvalue weighted by Crippen LogP contribution is 2.36. The van der Waals surface area contributed by atoms with E-state index < -0.39 is 0 Å². The molecule has 0 saturated carbocycles. The minimum Gasteiger partial charge on any atom is -0.491 e. The summed E-state index contributed by atoms with van der Waals surface area (Å²) in [5.41, 5.74) is 1.59. The van der Waals surface area contributed by atoms with Crippen LogP contribution in [0.3, 0.4) is 0 Å². The molecule has 1 N–H and O–H groups in total. The molecule has 0 unspecified atom stereocenters. The topological polar surface area (TPSA) is 60.5 Å². The second-order valence-corrected chi connectivity index (χ2v) is 5.80. The van der Waals surface area contributed by atoms with Crippen LogP contribution in [0, 0.1) is 0 Å². The fraction of sp³-hybridized carbons (Fsp3) is 0.222. The number of halogens is 2. The van der Waals surface area contributed by atoms with Crippen LogP contribution in [0.2, 0.25) is 10.2 Å². The van der Waals surface area contributed by atoms with Crippen LogP contribution in [0.4, 0.5) is 0 Å². The molecule has 7 heteroatoms. The summed E-state index contributed by atoms with van der Waals surface area (Å²) in [7, 11) is 1.53. The van der Waals surface area contributed by atoms with Crippen LogP contribution in [0.15, 0.2) is 36.5 Å². The van der Waals surface area contributed by atoms with Gasteiger partial charge in [0.05, 0.1) is 18.7 Å². The molecule has 0 fully saturated rings. The Morgan fingerprint density at radius 2 is 2.12 bits per heavy atom. The number of nitrogens with one attached hydrogen (secondary N) is 1. The lowest BCUT2D eigenvalue weighted by molar-refractivity contribution is -0.116. The van der Waals surface area contributed by atoms with E-state index in [1.54, 1.807) is 36.5 Å². The molecule has 0 saturated heterocycles. The molecule has 0 bridgehead atoms. The van der Waals surface area contributed by atoms with E-state index in [1.807, 2.05) is 6.92 Å². The molecular weight excluding hydrogens is 363 g/mol. The van der Waals surface area contributed by atoms with Crippen molar-refractivity contribution in [3.8, 4) is 11.5 Å². The van der Waals surface area contributed by atoms with Crippen LogP contribution >= 0.6 is 23.2 Å². The van der Waals surface area contributed by atoms with Crippen LogP contribution in [-0.4, -0.2) is 24.6 Å². The van der Waals surface area contributed by atoms with Crippen LogP contribution in [0.25, 0.3) is 6.08 Å². The Hall–Kier alpha value is -2.24. The van der Waals surface area contributed by atoms with E-state index in [9.17, 15) is 4.79 Å². The van der Waals surface area contributed by atoms with E-state index in [0.717, 1.165) is 11.1 Å². The summed E-state index contributed by atoms with van der Waals surface area (Å²) < 4.78 is 10.7. The summed E-state index contributed by atoms with van der Waals surface area (Å²) in [5.74, 6) is 0.769. The quantitative estimate of drug-likeness (QED) is 0.579. The average Bonchev–Trinajstić information content (AvgIpc) is 2.59. The lowest BCUT2D eigenvalue weighted by Gasteiger charge is -2.11. The maximum absolute atomic E-state index is 11.9. The van der Waals surface area contributed by atoms with Crippen molar-refractivity contribution >= 4 is 35.2 Å². The minimum absolute atomic E-state index is 0.236. The zero-order valence-electron chi connectivity index (χ0n) is 13.9. The van der Waals surface area contributed by atoms with Crippen molar-refractivity contribution in [2.24, 2.45) is 0 Å². The van der Waals surface area contributed by atoms with Gasteiger partial charge in [-0.15, -0.1) is 0 Å². The number of benzene rings is 1. The van der Waals surface area contributed by atoms with Crippen molar-refractivity contribution in [2.75, 3.05) is 13.7 Å². The van der Waals surface area contributed by atoms with Gasteiger partial charge in [-0.05, 0) is 42.3 Å². The van der Waals surface area contributed by atoms with Gasteiger partial charge in [0.15, 0.2) is 11.5 Å². The first-order valence-electron chi connectivity index (χ1n) is 7.60. The molecule has 1 aromatic heterocycles. The smallest absolute Gasteiger partial charge is 0.244 e. The molecule has 0 radical (unpaired) electrons. The molecule has 0 atom stereocenters. The van der Waals surface area contributed by atoms with Gasteiger partial charge in [-0.2, -0.15) is 0 Å². The number of hydrogen-bond donors (Lipinski definition) is 1. The normalized spacial score (nSPS) is 10.7. The predicted octanol–water partition coefficient (Wildman–Crippen LogP) is 4.13. The van der Waals surface area contributed by atoms with Crippen LogP contribution in [0.5, 0.6) is 11.5 Å². The molecule has 25 heavy (non-hydrogen) atoms. The summed E-state index contributed by atoms with van der Waals surface area (Å²) in [6.07, 6.45) is 4.70. The first-order chi connectivity index (χ1) is 12.0. The number of nitrogens with zero attached hydrogens (tertiary/aromatic N) is 1. The van der Waals surface area contributed by atoms with Gasteiger partial charge in [-0.25, -0.2) is 4.98 Å². The maximum Gasteiger partial charge on any atom is 0.244 e. The number of rotatable bonds is 7. The molecule has 0 aliphatic carbocycles. The Morgan fingerprint density at radius 3 is 2.76 bits per heavy atom. The van der Waals surface area contributed by atoms with E-state index >= 15 is 0 Å².